The molecule has 6 atom stereocenters. The lowest BCUT2D eigenvalue weighted by atomic mass is 9.44. The van der Waals surface area contributed by atoms with Crippen LogP contribution in [0.25, 0.3) is 5.57 Å². The maximum absolute atomic E-state index is 14.9. The predicted molar refractivity (Wildman–Crippen MR) is 173 cm³/mol. The highest BCUT2D eigenvalue weighted by atomic mass is 16.6. The van der Waals surface area contributed by atoms with Crippen molar-refractivity contribution >= 4 is 40.6 Å². The number of nitrogens with zero attached hydrogens (tertiary/aromatic N) is 4. The number of amides is 4. The molecule has 3 fully saturated rings. The summed E-state index contributed by atoms with van der Waals surface area (Å²) >= 11 is 0. The van der Waals surface area contributed by atoms with Crippen LogP contribution in [0.4, 0.5) is 11.4 Å². The molecular formula is C38H28N4O6. The van der Waals surface area contributed by atoms with Crippen LogP contribution >= 0.6 is 0 Å². The van der Waals surface area contributed by atoms with Crippen LogP contribution in [-0.4, -0.2) is 49.4 Å². The number of likely N-dealkylation sites (tertiary alicyclic amines) is 2. The van der Waals surface area contributed by atoms with Gasteiger partial charge in [0.2, 0.25) is 23.6 Å². The second kappa shape index (κ2) is 9.80. The van der Waals surface area contributed by atoms with Crippen molar-refractivity contribution in [1.82, 2.24) is 9.80 Å². The molecule has 0 radical (unpaired) electrons. The Balaban J connectivity index is 1.34. The van der Waals surface area contributed by atoms with Crippen LogP contribution in [0.2, 0.25) is 0 Å². The number of para-hydroxylation sites is 2. The quantitative estimate of drug-likeness (QED) is 0.172. The number of rotatable bonds is 6. The molecule has 10 nitrogen and oxygen atoms in total. The monoisotopic (exact) mass is 636 g/mol. The summed E-state index contributed by atoms with van der Waals surface area (Å²) in [5, 5.41) is 13.7. The average molecular weight is 637 g/mol. The summed E-state index contributed by atoms with van der Waals surface area (Å²) in [6, 6.07) is 34.5. The van der Waals surface area contributed by atoms with Crippen molar-refractivity contribution in [3.05, 3.63) is 148 Å². The minimum atomic E-state index is -2.33. The predicted octanol–water partition coefficient (Wildman–Crippen LogP) is 4.61. The molecule has 3 heterocycles. The van der Waals surface area contributed by atoms with Crippen molar-refractivity contribution in [3.63, 3.8) is 0 Å². The van der Waals surface area contributed by atoms with Gasteiger partial charge in [0.25, 0.3) is 5.54 Å². The van der Waals surface area contributed by atoms with E-state index in [0.29, 0.717) is 33.6 Å². The highest BCUT2D eigenvalue weighted by molar-refractivity contribution is 6.18. The third-order valence-electron chi connectivity index (χ3n) is 11.0. The van der Waals surface area contributed by atoms with E-state index in [2.05, 4.69) is 0 Å². The highest BCUT2D eigenvalue weighted by Gasteiger charge is 2.88. The number of hydrogen-bond acceptors (Lipinski definition) is 7. The molecule has 1 saturated carbocycles. The van der Waals surface area contributed by atoms with E-state index in [4.69, 9.17) is 0 Å². The van der Waals surface area contributed by atoms with Crippen LogP contribution < -0.4 is 4.90 Å². The first-order valence-electron chi connectivity index (χ1n) is 15.9. The molecule has 0 aromatic heterocycles. The molecule has 2 saturated heterocycles. The minimum Gasteiger partial charge on any atom is -0.329 e. The Bertz CT molecular complexity index is 2010. The van der Waals surface area contributed by atoms with Gasteiger partial charge >= 0.3 is 0 Å². The number of nitro groups is 1. The van der Waals surface area contributed by atoms with Crippen molar-refractivity contribution in [2.45, 2.75) is 24.2 Å². The number of fused-ring (bicyclic) bond motifs is 1. The highest BCUT2D eigenvalue weighted by Crippen LogP contribution is 2.72. The number of carbonyl (C=O) groups is 4. The lowest BCUT2D eigenvalue weighted by Crippen LogP contribution is -2.76. The molecule has 3 aliphatic heterocycles. The van der Waals surface area contributed by atoms with Crippen LogP contribution in [0, 0.1) is 33.8 Å². The third-order valence-corrected chi connectivity index (χ3v) is 11.0. The van der Waals surface area contributed by atoms with Crippen molar-refractivity contribution < 1.29 is 24.1 Å². The van der Waals surface area contributed by atoms with E-state index in [1.807, 2.05) is 71.6 Å². The van der Waals surface area contributed by atoms with Crippen molar-refractivity contribution in [2.75, 3.05) is 4.90 Å². The Morgan fingerprint density at radius 1 is 0.583 bits per heavy atom. The Morgan fingerprint density at radius 3 is 1.52 bits per heavy atom. The van der Waals surface area contributed by atoms with Gasteiger partial charge in [-0.25, -0.2) is 0 Å². The van der Waals surface area contributed by atoms with Gasteiger partial charge in [-0.3, -0.25) is 39.1 Å². The third kappa shape index (κ3) is 3.31. The van der Waals surface area contributed by atoms with Gasteiger partial charge in [0, 0.05) is 21.9 Å². The summed E-state index contributed by atoms with van der Waals surface area (Å²) in [4.78, 5) is 76.4. The second-order valence-electron chi connectivity index (χ2n) is 13.1. The van der Waals surface area contributed by atoms with Gasteiger partial charge < -0.3 is 4.90 Å². The van der Waals surface area contributed by atoms with Gasteiger partial charge in [0.1, 0.15) is 11.8 Å². The molecule has 3 aliphatic carbocycles. The number of imide groups is 2. The summed E-state index contributed by atoms with van der Waals surface area (Å²) in [7, 11) is 0. The molecule has 0 N–H and O–H groups in total. The maximum atomic E-state index is 14.9. The molecule has 4 aromatic rings. The Hall–Kier alpha value is -5.90. The van der Waals surface area contributed by atoms with Gasteiger partial charge in [-0.05, 0) is 41.0 Å². The first-order valence-corrected chi connectivity index (χ1v) is 15.9. The van der Waals surface area contributed by atoms with Gasteiger partial charge in [-0.15, -0.1) is 0 Å². The average Bonchev–Trinajstić information content (AvgIpc) is 3.66. The van der Waals surface area contributed by atoms with Crippen LogP contribution in [-0.2, 0) is 32.3 Å². The Morgan fingerprint density at radius 2 is 1.02 bits per heavy atom. The SMILES string of the molecule is O=C1[C@@H]2[C@H](C(=O)N1Cc1ccccc1)C1([N+](=O)[O-])C=C3c4ccccc4N(c4ccccc4)C32[C@H]2C(=O)N(Cc3ccccc3)C(=O)[C@H]21. The number of benzene rings is 4. The zero-order chi connectivity index (χ0) is 32.9. The lowest BCUT2D eigenvalue weighted by Gasteiger charge is -2.58. The lowest BCUT2D eigenvalue weighted by molar-refractivity contribution is -0.578. The first kappa shape index (κ1) is 28.3. The summed E-state index contributed by atoms with van der Waals surface area (Å²) in [5.74, 6) is -8.24. The molecule has 2 unspecified atom stereocenters. The summed E-state index contributed by atoms with van der Waals surface area (Å²) in [5.41, 5.74) is -0.192. The van der Waals surface area contributed by atoms with E-state index in [0.717, 1.165) is 9.80 Å². The topological polar surface area (TPSA) is 121 Å². The van der Waals surface area contributed by atoms with Crippen LogP contribution in [0.5, 0.6) is 0 Å². The van der Waals surface area contributed by atoms with Gasteiger partial charge in [0.15, 0.2) is 0 Å². The summed E-state index contributed by atoms with van der Waals surface area (Å²) < 4.78 is 0. The van der Waals surface area contributed by atoms with Crippen molar-refractivity contribution in [2.24, 2.45) is 23.7 Å². The zero-order valence-electron chi connectivity index (χ0n) is 25.5. The van der Waals surface area contributed by atoms with E-state index < -0.39 is 63.3 Å². The molecule has 6 aliphatic rings. The fraction of sp³-hybridized carbons (Fsp3) is 0.211. The molecule has 4 aromatic carbocycles. The largest absolute Gasteiger partial charge is 0.329 e. The van der Waals surface area contributed by atoms with E-state index >= 15 is 0 Å². The van der Waals surface area contributed by atoms with Gasteiger partial charge in [0.05, 0.1) is 30.5 Å². The van der Waals surface area contributed by atoms with Crippen LogP contribution in [0.3, 0.4) is 0 Å². The van der Waals surface area contributed by atoms with E-state index in [9.17, 15) is 29.3 Å². The van der Waals surface area contributed by atoms with Crippen molar-refractivity contribution in [3.8, 4) is 0 Å². The summed E-state index contributed by atoms with van der Waals surface area (Å²) in [6.45, 7) is -0.166. The Labute approximate surface area is 275 Å². The van der Waals surface area contributed by atoms with E-state index in [1.165, 1.54) is 6.08 Å². The molecular weight excluding hydrogens is 608 g/mol. The maximum Gasteiger partial charge on any atom is 0.265 e. The van der Waals surface area contributed by atoms with Crippen LogP contribution in [0.1, 0.15) is 16.7 Å². The number of carbonyl (C=O) groups excluding carboxylic acids is 4. The van der Waals surface area contributed by atoms with Crippen LogP contribution in [0.15, 0.2) is 121 Å². The fourth-order valence-corrected chi connectivity index (χ4v) is 9.36. The molecule has 4 amide bonds. The molecule has 2 bridgehead atoms. The van der Waals surface area contributed by atoms with Gasteiger partial charge in [-0.2, -0.15) is 0 Å². The number of hydrogen-bond donors (Lipinski definition) is 0. The normalized spacial score (nSPS) is 29.5. The molecule has 236 valence electrons. The standard InChI is InChI=1S/C38H28N4O6/c43-33-29-31(35(45)39(33)21-23-12-4-1-5-13-23)38-27(26-18-10-11-19-28(26)41(38)25-16-8-3-9-17-25)20-37(29,42(47)48)30-32(38)36(46)40(34(30)44)22-24-14-6-2-7-15-24/h1-20,29-32H,21-22H2/t29-,30+,31+,32-,37?,38?. The summed E-state index contributed by atoms with van der Waals surface area (Å²) in [6.07, 6.45) is 1.46. The minimum absolute atomic E-state index is 0.0830. The molecule has 1 spiro atoms. The zero-order valence-corrected chi connectivity index (χ0v) is 25.5. The fourth-order valence-electron chi connectivity index (χ4n) is 9.36. The first-order chi connectivity index (χ1) is 23.3. The molecule has 10 heteroatoms. The number of anilines is 2. The molecule has 48 heavy (non-hydrogen) atoms. The van der Waals surface area contributed by atoms with Crippen molar-refractivity contribution in [1.29, 1.82) is 0 Å². The van der Waals surface area contributed by atoms with Gasteiger partial charge in [-0.1, -0.05) is 97.1 Å². The second-order valence-corrected chi connectivity index (χ2v) is 13.1. The Kier molecular flexibility index (Phi) is 5.79. The smallest absolute Gasteiger partial charge is 0.265 e. The van der Waals surface area contributed by atoms with E-state index in [1.54, 1.807) is 48.5 Å². The van der Waals surface area contributed by atoms with E-state index in [-0.39, 0.29) is 13.1 Å². The molecule has 10 rings (SSSR count).